The number of carbonyl (C=O) groups is 2. The van der Waals surface area contributed by atoms with Crippen LogP contribution in [0.3, 0.4) is 0 Å². The van der Waals surface area contributed by atoms with Crippen molar-refractivity contribution in [3.63, 3.8) is 0 Å². The molecule has 1 aliphatic heterocycles. The zero-order chi connectivity index (χ0) is 20.6. The smallest absolute Gasteiger partial charge is 0.253 e. The van der Waals surface area contributed by atoms with Gasteiger partial charge in [-0.2, -0.15) is 0 Å². The Bertz CT molecular complexity index is 944. The summed E-state index contributed by atoms with van der Waals surface area (Å²) in [5.41, 5.74) is 0.00798. The molecule has 29 heavy (non-hydrogen) atoms. The summed E-state index contributed by atoms with van der Waals surface area (Å²) in [6.07, 6.45) is 1.86. The fourth-order valence-corrected chi connectivity index (χ4v) is 4.16. The molecule has 2 aromatic carbocycles. The second-order valence-corrected chi connectivity index (χ2v) is 8.09. The summed E-state index contributed by atoms with van der Waals surface area (Å²) in [6.45, 7) is 1.81. The Morgan fingerprint density at radius 3 is 2.21 bits per heavy atom. The van der Waals surface area contributed by atoms with Crippen molar-refractivity contribution in [2.75, 3.05) is 26.2 Å². The summed E-state index contributed by atoms with van der Waals surface area (Å²) in [5.74, 6) is -1.11. The fraction of sp³-hybridized carbons (Fsp3) is 0.364. The van der Waals surface area contributed by atoms with Gasteiger partial charge in [0.1, 0.15) is 11.6 Å². The number of benzene rings is 2. The third-order valence-corrected chi connectivity index (χ3v) is 6.00. The monoisotopic (exact) mass is 418 g/mol. The van der Waals surface area contributed by atoms with Crippen LogP contribution in [0.2, 0.25) is 5.02 Å². The largest absolute Gasteiger partial charge is 0.340 e. The number of hydrogen-bond donors (Lipinski definition) is 0. The van der Waals surface area contributed by atoms with Gasteiger partial charge in [-0.05, 0) is 55.7 Å². The highest BCUT2D eigenvalue weighted by atomic mass is 35.5. The standard InChI is InChI=1S/C22H21ClF2N2O2/c23-16-4-7-18(19(25)14-16)22(8-9-22)21(29)27-11-1-10-26(12-13-27)20(28)15-2-5-17(24)6-3-15/h2-7,14H,1,8-13H2. The van der Waals surface area contributed by atoms with Crippen LogP contribution in [0.4, 0.5) is 8.78 Å². The number of amides is 2. The highest BCUT2D eigenvalue weighted by Crippen LogP contribution is 2.50. The molecule has 0 atom stereocenters. The van der Waals surface area contributed by atoms with E-state index in [-0.39, 0.29) is 11.8 Å². The number of hydrogen-bond acceptors (Lipinski definition) is 2. The van der Waals surface area contributed by atoms with Crippen LogP contribution < -0.4 is 0 Å². The molecule has 1 heterocycles. The van der Waals surface area contributed by atoms with Gasteiger partial charge in [-0.25, -0.2) is 8.78 Å². The Morgan fingerprint density at radius 2 is 1.55 bits per heavy atom. The molecular weight excluding hydrogens is 398 g/mol. The second kappa shape index (κ2) is 7.75. The molecule has 2 fully saturated rings. The average molecular weight is 419 g/mol. The summed E-state index contributed by atoms with van der Waals surface area (Å²) in [7, 11) is 0. The fourth-order valence-electron chi connectivity index (χ4n) is 4.00. The van der Waals surface area contributed by atoms with Gasteiger partial charge in [0.25, 0.3) is 5.91 Å². The molecule has 0 aromatic heterocycles. The first kappa shape index (κ1) is 19.8. The van der Waals surface area contributed by atoms with E-state index in [1.807, 2.05) is 0 Å². The number of carbonyl (C=O) groups excluding carboxylic acids is 2. The molecule has 7 heteroatoms. The highest BCUT2D eigenvalue weighted by molar-refractivity contribution is 6.30. The van der Waals surface area contributed by atoms with Gasteiger partial charge in [0, 0.05) is 42.3 Å². The van der Waals surface area contributed by atoms with Crippen molar-refractivity contribution >= 4 is 23.4 Å². The maximum Gasteiger partial charge on any atom is 0.253 e. The lowest BCUT2D eigenvalue weighted by atomic mass is 9.93. The topological polar surface area (TPSA) is 40.6 Å². The van der Waals surface area contributed by atoms with Crippen LogP contribution in [-0.4, -0.2) is 47.8 Å². The first-order valence-corrected chi connectivity index (χ1v) is 10.1. The molecule has 0 bridgehead atoms. The maximum absolute atomic E-state index is 14.4. The van der Waals surface area contributed by atoms with Crippen LogP contribution in [0.25, 0.3) is 0 Å². The quantitative estimate of drug-likeness (QED) is 0.755. The Morgan fingerprint density at radius 1 is 0.897 bits per heavy atom. The lowest BCUT2D eigenvalue weighted by molar-refractivity contribution is -0.133. The van der Waals surface area contributed by atoms with E-state index in [9.17, 15) is 18.4 Å². The van der Waals surface area contributed by atoms with Crippen LogP contribution in [0.1, 0.15) is 35.2 Å². The van der Waals surface area contributed by atoms with E-state index in [0.717, 1.165) is 0 Å². The Kier molecular flexibility index (Phi) is 5.30. The molecule has 2 aliphatic rings. The van der Waals surface area contributed by atoms with Gasteiger partial charge in [-0.15, -0.1) is 0 Å². The van der Waals surface area contributed by atoms with Crippen LogP contribution >= 0.6 is 11.6 Å². The summed E-state index contributed by atoms with van der Waals surface area (Å²) in [4.78, 5) is 29.3. The van der Waals surface area contributed by atoms with Crippen molar-refractivity contribution < 1.29 is 18.4 Å². The Hall–Kier alpha value is -2.47. The summed E-state index contributed by atoms with van der Waals surface area (Å²) < 4.78 is 27.5. The van der Waals surface area contributed by atoms with Gasteiger partial charge in [0.2, 0.25) is 5.91 Å². The molecule has 2 aromatic rings. The predicted octanol–water partition coefficient (Wildman–Crippen LogP) is 4.02. The van der Waals surface area contributed by atoms with Gasteiger partial charge < -0.3 is 9.80 Å². The highest BCUT2D eigenvalue weighted by Gasteiger charge is 2.54. The molecule has 4 nitrogen and oxygen atoms in total. The molecule has 2 amide bonds. The SMILES string of the molecule is O=C(c1ccc(F)cc1)N1CCCN(C(=O)C2(c3ccc(Cl)cc3F)CC2)CC1. The van der Waals surface area contributed by atoms with Crippen molar-refractivity contribution in [1.82, 2.24) is 9.80 Å². The van der Waals surface area contributed by atoms with Crippen LogP contribution in [0.5, 0.6) is 0 Å². The average Bonchev–Trinajstić information content (AvgIpc) is 3.52. The minimum Gasteiger partial charge on any atom is -0.340 e. The van der Waals surface area contributed by atoms with Crippen molar-refractivity contribution in [3.05, 3.63) is 70.2 Å². The number of halogens is 3. The minimum absolute atomic E-state index is 0.0881. The number of rotatable bonds is 3. The van der Waals surface area contributed by atoms with E-state index < -0.39 is 17.0 Å². The Labute approximate surface area is 173 Å². The van der Waals surface area contributed by atoms with Crippen molar-refractivity contribution in [3.8, 4) is 0 Å². The van der Waals surface area contributed by atoms with Crippen molar-refractivity contribution in [1.29, 1.82) is 0 Å². The molecule has 4 rings (SSSR count). The third-order valence-electron chi connectivity index (χ3n) is 5.77. The van der Waals surface area contributed by atoms with Gasteiger partial charge in [0.05, 0.1) is 5.41 Å². The molecule has 1 saturated carbocycles. The van der Waals surface area contributed by atoms with E-state index in [0.29, 0.717) is 61.6 Å². The molecular formula is C22H21ClF2N2O2. The van der Waals surface area contributed by atoms with Gasteiger partial charge in [-0.3, -0.25) is 9.59 Å². The third kappa shape index (κ3) is 3.86. The Balaban J connectivity index is 1.46. The van der Waals surface area contributed by atoms with Gasteiger partial charge in [-0.1, -0.05) is 17.7 Å². The van der Waals surface area contributed by atoms with Gasteiger partial charge in [0.15, 0.2) is 0 Å². The second-order valence-electron chi connectivity index (χ2n) is 7.65. The zero-order valence-corrected chi connectivity index (χ0v) is 16.6. The molecule has 1 aliphatic carbocycles. The van der Waals surface area contributed by atoms with Crippen LogP contribution in [0, 0.1) is 11.6 Å². The maximum atomic E-state index is 14.4. The van der Waals surface area contributed by atoms with Crippen molar-refractivity contribution in [2.24, 2.45) is 0 Å². The molecule has 0 N–H and O–H groups in total. The van der Waals surface area contributed by atoms with E-state index >= 15 is 0 Å². The normalized spacial score (nSPS) is 18.3. The van der Waals surface area contributed by atoms with Crippen LogP contribution in [-0.2, 0) is 10.2 Å². The number of nitrogens with zero attached hydrogens (tertiary/aromatic N) is 2. The lowest BCUT2D eigenvalue weighted by Gasteiger charge is -2.27. The molecule has 0 radical (unpaired) electrons. The molecule has 1 saturated heterocycles. The van der Waals surface area contributed by atoms with E-state index in [2.05, 4.69) is 0 Å². The summed E-state index contributed by atoms with van der Waals surface area (Å²) >= 11 is 5.85. The summed E-state index contributed by atoms with van der Waals surface area (Å²) in [5, 5.41) is 0.305. The first-order valence-electron chi connectivity index (χ1n) is 9.70. The summed E-state index contributed by atoms with van der Waals surface area (Å²) in [6, 6.07) is 9.91. The van der Waals surface area contributed by atoms with E-state index in [1.54, 1.807) is 21.9 Å². The van der Waals surface area contributed by atoms with Gasteiger partial charge >= 0.3 is 0 Å². The van der Waals surface area contributed by atoms with E-state index in [1.165, 1.54) is 30.3 Å². The van der Waals surface area contributed by atoms with E-state index in [4.69, 9.17) is 11.6 Å². The minimum atomic E-state index is -0.815. The van der Waals surface area contributed by atoms with Crippen molar-refractivity contribution in [2.45, 2.75) is 24.7 Å². The van der Waals surface area contributed by atoms with Crippen LogP contribution in [0.15, 0.2) is 42.5 Å². The first-order chi connectivity index (χ1) is 13.9. The lowest BCUT2D eigenvalue weighted by Crippen LogP contribution is -2.42. The molecule has 152 valence electrons. The zero-order valence-electron chi connectivity index (χ0n) is 15.8. The predicted molar refractivity (Wildman–Crippen MR) is 106 cm³/mol. The molecule has 0 unspecified atom stereocenters. The molecule has 0 spiro atoms.